The molecule has 1 aliphatic rings. The van der Waals surface area contributed by atoms with Gasteiger partial charge in [-0.25, -0.2) is 4.39 Å². The van der Waals surface area contributed by atoms with Gasteiger partial charge >= 0.3 is 0 Å². The van der Waals surface area contributed by atoms with Crippen LogP contribution < -0.4 is 5.32 Å². The van der Waals surface area contributed by atoms with Crippen LogP contribution in [0.25, 0.3) is 0 Å². The average molecular weight is 249 g/mol. The lowest BCUT2D eigenvalue weighted by molar-refractivity contribution is 0.192. The highest BCUT2D eigenvalue weighted by molar-refractivity contribution is 5.30. The molecule has 18 heavy (non-hydrogen) atoms. The molecule has 1 atom stereocenters. The Hall–Kier alpha value is -1.35. The zero-order valence-corrected chi connectivity index (χ0v) is 11.2. The summed E-state index contributed by atoms with van der Waals surface area (Å²) in [6.45, 7) is 5.04. The monoisotopic (exact) mass is 249 g/mol. The van der Waals surface area contributed by atoms with Crippen LogP contribution in [-0.2, 0) is 10.2 Å². The molecule has 0 aliphatic carbocycles. The average Bonchev–Trinajstić information content (AvgIpc) is 2.84. The van der Waals surface area contributed by atoms with Crippen LogP contribution in [0.5, 0.6) is 0 Å². The predicted octanol–water partition coefficient (Wildman–Crippen LogP) is 3.00. The maximum Gasteiger partial charge on any atom is 0.123 e. The van der Waals surface area contributed by atoms with Crippen LogP contribution in [0.3, 0.4) is 0 Å². The summed E-state index contributed by atoms with van der Waals surface area (Å²) in [5, 5.41) is 3.31. The number of ether oxygens (including phenoxy) is 1. The molecular formula is C15H20FNO. The van der Waals surface area contributed by atoms with Crippen LogP contribution in [0.1, 0.15) is 25.8 Å². The zero-order valence-electron chi connectivity index (χ0n) is 11.2. The fraction of sp³-hybridized carbons (Fsp3) is 0.467. The van der Waals surface area contributed by atoms with Gasteiger partial charge in [0, 0.05) is 11.8 Å². The maximum absolute atomic E-state index is 13.0. The Labute approximate surface area is 108 Å². The Bertz CT molecular complexity index is 436. The van der Waals surface area contributed by atoms with Gasteiger partial charge in [0.1, 0.15) is 11.6 Å². The first-order valence-electron chi connectivity index (χ1n) is 6.32. The Morgan fingerprint density at radius 1 is 1.28 bits per heavy atom. The number of halogens is 1. The van der Waals surface area contributed by atoms with E-state index in [0.29, 0.717) is 0 Å². The Balaban J connectivity index is 2.30. The first-order chi connectivity index (χ1) is 8.55. The van der Waals surface area contributed by atoms with E-state index in [9.17, 15) is 4.39 Å². The molecule has 0 amide bonds. The van der Waals surface area contributed by atoms with Crippen LogP contribution in [0.4, 0.5) is 4.39 Å². The van der Waals surface area contributed by atoms with E-state index < -0.39 is 0 Å². The molecule has 1 aliphatic heterocycles. The standard InChI is InChI=1S/C15H20FNO/c1-15(2,11-6-8-12(16)9-7-11)14(17-3)13-5-4-10-18-13/h5-9,14,17H,4,10H2,1-3H3. The molecule has 0 spiro atoms. The first kappa shape index (κ1) is 13.1. The van der Waals surface area contributed by atoms with Crippen LogP contribution in [0.15, 0.2) is 36.1 Å². The number of hydrogen-bond donors (Lipinski definition) is 1. The van der Waals surface area contributed by atoms with Crippen molar-refractivity contribution in [1.29, 1.82) is 0 Å². The van der Waals surface area contributed by atoms with Crippen molar-refractivity contribution < 1.29 is 9.13 Å². The number of hydrogen-bond acceptors (Lipinski definition) is 2. The summed E-state index contributed by atoms with van der Waals surface area (Å²) in [5.74, 6) is 0.790. The highest BCUT2D eigenvalue weighted by atomic mass is 19.1. The summed E-state index contributed by atoms with van der Waals surface area (Å²) in [6.07, 6.45) is 3.10. The fourth-order valence-electron chi connectivity index (χ4n) is 2.54. The molecule has 0 fully saturated rings. The minimum absolute atomic E-state index is 0.102. The number of rotatable bonds is 4. The number of likely N-dealkylation sites (N-methyl/N-ethyl adjacent to an activating group) is 1. The molecule has 1 N–H and O–H groups in total. The van der Waals surface area contributed by atoms with E-state index in [1.165, 1.54) is 12.1 Å². The molecule has 1 aromatic carbocycles. The van der Waals surface area contributed by atoms with Crippen molar-refractivity contribution in [2.45, 2.75) is 31.7 Å². The SMILES string of the molecule is CNC(C1=CCCO1)C(C)(C)c1ccc(F)cc1. The lowest BCUT2D eigenvalue weighted by Crippen LogP contribution is -2.44. The van der Waals surface area contributed by atoms with Crippen LogP contribution in [0, 0.1) is 5.82 Å². The van der Waals surface area contributed by atoms with Crippen molar-refractivity contribution in [3.8, 4) is 0 Å². The van der Waals surface area contributed by atoms with Crippen molar-refractivity contribution in [2.24, 2.45) is 0 Å². The molecule has 98 valence electrons. The third-order valence-corrected chi connectivity index (χ3v) is 3.62. The van der Waals surface area contributed by atoms with Gasteiger partial charge in [-0.15, -0.1) is 0 Å². The van der Waals surface area contributed by atoms with Crippen molar-refractivity contribution in [2.75, 3.05) is 13.7 Å². The molecule has 1 heterocycles. The normalized spacial score (nSPS) is 17.2. The number of benzene rings is 1. The molecule has 2 nitrogen and oxygen atoms in total. The van der Waals surface area contributed by atoms with Crippen LogP contribution >= 0.6 is 0 Å². The second-order valence-corrected chi connectivity index (χ2v) is 5.19. The van der Waals surface area contributed by atoms with Gasteiger partial charge < -0.3 is 10.1 Å². The molecule has 0 bridgehead atoms. The van der Waals surface area contributed by atoms with Crippen molar-refractivity contribution in [3.63, 3.8) is 0 Å². The summed E-state index contributed by atoms with van der Waals surface area (Å²) in [7, 11) is 1.93. The Morgan fingerprint density at radius 3 is 2.44 bits per heavy atom. The van der Waals surface area contributed by atoms with Gasteiger partial charge in [0.15, 0.2) is 0 Å². The van der Waals surface area contributed by atoms with E-state index in [0.717, 1.165) is 24.4 Å². The minimum atomic E-state index is -0.202. The van der Waals surface area contributed by atoms with Gasteiger partial charge in [-0.2, -0.15) is 0 Å². The van der Waals surface area contributed by atoms with Gasteiger partial charge in [-0.05, 0) is 30.8 Å². The van der Waals surface area contributed by atoms with E-state index in [2.05, 4.69) is 25.2 Å². The summed E-state index contributed by atoms with van der Waals surface area (Å²) >= 11 is 0. The van der Waals surface area contributed by atoms with Crippen LogP contribution in [-0.4, -0.2) is 19.7 Å². The molecule has 0 radical (unpaired) electrons. The lowest BCUT2D eigenvalue weighted by atomic mass is 9.77. The fourth-order valence-corrected chi connectivity index (χ4v) is 2.54. The second-order valence-electron chi connectivity index (χ2n) is 5.19. The highest BCUT2D eigenvalue weighted by Gasteiger charge is 2.34. The van der Waals surface area contributed by atoms with Crippen molar-refractivity contribution in [1.82, 2.24) is 5.32 Å². The summed E-state index contributed by atoms with van der Waals surface area (Å²) in [6, 6.07) is 6.80. The van der Waals surface area contributed by atoms with Crippen molar-refractivity contribution >= 4 is 0 Å². The molecule has 0 aromatic heterocycles. The number of nitrogens with one attached hydrogen (secondary N) is 1. The summed E-state index contributed by atoms with van der Waals surface area (Å²) < 4.78 is 18.7. The van der Waals surface area contributed by atoms with E-state index in [4.69, 9.17) is 4.74 Å². The van der Waals surface area contributed by atoms with Gasteiger partial charge in [0.2, 0.25) is 0 Å². The Kier molecular flexibility index (Phi) is 3.71. The first-order valence-corrected chi connectivity index (χ1v) is 6.32. The van der Waals surface area contributed by atoms with Gasteiger partial charge in [0.05, 0.1) is 12.6 Å². The Morgan fingerprint density at radius 2 is 1.94 bits per heavy atom. The van der Waals surface area contributed by atoms with Crippen LogP contribution in [0.2, 0.25) is 0 Å². The zero-order chi connectivity index (χ0) is 13.2. The van der Waals surface area contributed by atoms with E-state index >= 15 is 0 Å². The molecule has 1 unspecified atom stereocenters. The predicted molar refractivity (Wildman–Crippen MR) is 70.9 cm³/mol. The molecule has 0 saturated carbocycles. The summed E-state index contributed by atoms with van der Waals surface area (Å²) in [5.41, 5.74) is 0.943. The quantitative estimate of drug-likeness (QED) is 0.885. The van der Waals surface area contributed by atoms with E-state index in [1.807, 2.05) is 19.2 Å². The third kappa shape index (κ3) is 2.41. The third-order valence-electron chi connectivity index (χ3n) is 3.62. The lowest BCUT2D eigenvalue weighted by Gasteiger charge is -2.35. The molecule has 3 heteroatoms. The topological polar surface area (TPSA) is 21.3 Å². The molecule has 1 aromatic rings. The van der Waals surface area contributed by atoms with Gasteiger partial charge in [-0.3, -0.25) is 0 Å². The van der Waals surface area contributed by atoms with Gasteiger partial charge in [0.25, 0.3) is 0 Å². The molecule has 2 rings (SSSR count). The smallest absolute Gasteiger partial charge is 0.123 e. The molecule has 0 saturated heterocycles. The van der Waals surface area contributed by atoms with E-state index in [1.54, 1.807) is 0 Å². The largest absolute Gasteiger partial charge is 0.496 e. The summed E-state index contributed by atoms with van der Waals surface area (Å²) in [4.78, 5) is 0. The maximum atomic E-state index is 13.0. The molecular weight excluding hydrogens is 229 g/mol. The van der Waals surface area contributed by atoms with Gasteiger partial charge in [-0.1, -0.05) is 26.0 Å². The highest BCUT2D eigenvalue weighted by Crippen LogP contribution is 2.32. The van der Waals surface area contributed by atoms with E-state index in [-0.39, 0.29) is 17.3 Å². The van der Waals surface area contributed by atoms with Crippen molar-refractivity contribution in [3.05, 3.63) is 47.5 Å². The second kappa shape index (κ2) is 5.11. The minimum Gasteiger partial charge on any atom is -0.496 e.